The first-order valence-electron chi connectivity index (χ1n) is 8.22. The summed E-state index contributed by atoms with van der Waals surface area (Å²) < 4.78 is 78.1. The number of carbonyl (C=O) groups is 1. The Kier molecular flexibility index (Phi) is 5.48. The van der Waals surface area contributed by atoms with Gasteiger partial charge in [-0.05, 0) is 43.7 Å². The molecule has 2 aromatic rings. The molecule has 0 saturated carbocycles. The Morgan fingerprint density at radius 2 is 1.97 bits per heavy atom. The number of aryl methyl sites for hydroxylation is 1. The molecule has 2 heterocycles. The number of hydrogen-bond acceptors (Lipinski definition) is 4. The normalized spacial score (nSPS) is 18.7. The van der Waals surface area contributed by atoms with Gasteiger partial charge in [0, 0.05) is 11.4 Å². The molecule has 6 nitrogen and oxygen atoms in total. The molecule has 156 valence electrons. The van der Waals surface area contributed by atoms with E-state index < -0.39 is 51.1 Å². The van der Waals surface area contributed by atoms with Crippen LogP contribution in [-0.4, -0.2) is 31.1 Å². The molecule has 0 spiro atoms. The molecule has 29 heavy (non-hydrogen) atoms. The maximum absolute atomic E-state index is 13.3. The maximum Gasteiger partial charge on any atom is 0.416 e. The molecule has 3 rings (SSSR count). The average Bonchev–Trinajstić information content (AvgIpc) is 2.92. The number of anilines is 2. The third-order valence-corrected chi connectivity index (χ3v) is 6.30. The summed E-state index contributed by atoms with van der Waals surface area (Å²) in [5.74, 6) is -2.44. The van der Waals surface area contributed by atoms with E-state index in [1.54, 1.807) is 0 Å². The van der Waals surface area contributed by atoms with Gasteiger partial charge in [0.15, 0.2) is 0 Å². The lowest BCUT2D eigenvalue weighted by Crippen LogP contribution is -2.42. The number of nitrogens with zero attached hydrogens (tertiary/aromatic N) is 2. The van der Waals surface area contributed by atoms with Crippen LogP contribution in [0.25, 0.3) is 0 Å². The lowest BCUT2D eigenvalue weighted by atomic mass is 10.1. The standard InChI is InChI=1S/C17H14ClF4N3O3S/c1-9-6-10(17(20,21)22)7-15(23-9)25-14(4-5-29(25,27)28)16(26)24-11-2-3-13(19)12(18)8-11/h2-3,6-8,14H,4-5H2,1H3,(H,24,26)/t14-/m0/s1. The van der Waals surface area contributed by atoms with Crippen molar-refractivity contribution < 1.29 is 30.8 Å². The minimum atomic E-state index is -4.71. The SMILES string of the molecule is Cc1cc(C(F)(F)F)cc(N2[C@H](C(=O)Nc3ccc(F)c(Cl)c3)CCS2(=O)=O)n1. The fourth-order valence-electron chi connectivity index (χ4n) is 2.94. The van der Waals surface area contributed by atoms with E-state index in [-0.39, 0.29) is 22.8 Å². The fraction of sp³-hybridized carbons (Fsp3) is 0.294. The van der Waals surface area contributed by atoms with E-state index in [2.05, 4.69) is 10.3 Å². The zero-order valence-corrected chi connectivity index (χ0v) is 16.4. The van der Waals surface area contributed by atoms with Crippen molar-refractivity contribution in [3.63, 3.8) is 0 Å². The summed E-state index contributed by atoms with van der Waals surface area (Å²) in [7, 11) is -4.06. The second-order valence-corrected chi connectivity index (χ2v) is 8.76. The van der Waals surface area contributed by atoms with Gasteiger partial charge in [0.25, 0.3) is 0 Å². The third-order valence-electron chi connectivity index (χ3n) is 4.21. The highest BCUT2D eigenvalue weighted by Crippen LogP contribution is 2.35. The minimum Gasteiger partial charge on any atom is -0.324 e. The van der Waals surface area contributed by atoms with Crippen molar-refractivity contribution in [2.24, 2.45) is 0 Å². The Morgan fingerprint density at radius 1 is 1.28 bits per heavy atom. The summed E-state index contributed by atoms with van der Waals surface area (Å²) in [5, 5.41) is 2.15. The predicted octanol–water partition coefficient (Wildman–Crippen LogP) is 3.75. The van der Waals surface area contributed by atoms with Crippen LogP contribution in [0.3, 0.4) is 0 Å². The molecule has 0 radical (unpaired) electrons. The zero-order valence-electron chi connectivity index (χ0n) is 14.8. The molecule has 1 amide bonds. The van der Waals surface area contributed by atoms with Crippen LogP contribution in [0.5, 0.6) is 0 Å². The number of halogens is 5. The molecule has 1 aliphatic rings. The summed E-state index contributed by atoms with van der Waals surface area (Å²) in [4.78, 5) is 16.5. The van der Waals surface area contributed by atoms with E-state index in [1.165, 1.54) is 13.0 Å². The van der Waals surface area contributed by atoms with Gasteiger partial charge in [-0.3, -0.25) is 4.79 Å². The van der Waals surface area contributed by atoms with Crippen molar-refractivity contribution in [2.45, 2.75) is 25.6 Å². The molecule has 1 aromatic carbocycles. The number of aromatic nitrogens is 1. The predicted molar refractivity (Wildman–Crippen MR) is 98.7 cm³/mol. The minimum absolute atomic E-state index is 0.0543. The van der Waals surface area contributed by atoms with Crippen molar-refractivity contribution in [2.75, 3.05) is 15.4 Å². The lowest BCUT2D eigenvalue weighted by Gasteiger charge is -2.24. The highest BCUT2D eigenvalue weighted by atomic mass is 35.5. The maximum atomic E-state index is 13.3. The van der Waals surface area contributed by atoms with Crippen LogP contribution in [0.2, 0.25) is 5.02 Å². The molecule has 12 heteroatoms. The quantitative estimate of drug-likeness (QED) is 0.721. The first kappa shape index (κ1) is 21.3. The average molecular weight is 452 g/mol. The van der Waals surface area contributed by atoms with Crippen LogP contribution in [0.1, 0.15) is 17.7 Å². The molecule has 1 fully saturated rings. The molecule has 1 N–H and O–H groups in total. The summed E-state index contributed by atoms with van der Waals surface area (Å²) >= 11 is 5.66. The number of nitrogens with one attached hydrogen (secondary N) is 1. The lowest BCUT2D eigenvalue weighted by molar-refractivity contribution is -0.137. The van der Waals surface area contributed by atoms with Gasteiger partial charge < -0.3 is 5.32 Å². The van der Waals surface area contributed by atoms with E-state index in [0.717, 1.165) is 18.2 Å². The highest BCUT2D eigenvalue weighted by molar-refractivity contribution is 7.93. The van der Waals surface area contributed by atoms with Crippen LogP contribution >= 0.6 is 11.6 Å². The number of benzene rings is 1. The molecule has 1 aliphatic heterocycles. The molecule has 1 saturated heterocycles. The Labute approximate surface area is 168 Å². The molecular weight excluding hydrogens is 438 g/mol. The van der Waals surface area contributed by atoms with Crippen LogP contribution in [0.4, 0.5) is 29.1 Å². The van der Waals surface area contributed by atoms with E-state index in [9.17, 15) is 30.8 Å². The van der Waals surface area contributed by atoms with Gasteiger partial charge in [-0.2, -0.15) is 13.2 Å². The van der Waals surface area contributed by atoms with Gasteiger partial charge >= 0.3 is 6.18 Å². The number of amides is 1. The van der Waals surface area contributed by atoms with E-state index in [1.807, 2.05) is 0 Å². The van der Waals surface area contributed by atoms with Crippen LogP contribution in [-0.2, 0) is 21.0 Å². The molecule has 0 bridgehead atoms. The van der Waals surface area contributed by atoms with Gasteiger partial charge in [-0.15, -0.1) is 0 Å². The van der Waals surface area contributed by atoms with Crippen molar-refractivity contribution in [3.05, 3.63) is 52.4 Å². The van der Waals surface area contributed by atoms with Crippen molar-refractivity contribution >= 4 is 39.0 Å². The summed E-state index contributed by atoms with van der Waals surface area (Å²) in [6.07, 6.45) is -4.87. The smallest absolute Gasteiger partial charge is 0.324 e. The van der Waals surface area contributed by atoms with Gasteiger partial charge in [0.05, 0.1) is 16.3 Å². The van der Waals surface area contributed by atoms with Crippen molar-refractivity contribution in [1.29, 1.82) is 0 Å². The van der Waals surface area contributed by atoms with Crippen LogP contribution in [0.15, 0.2) is 30.3 Å². The molecule has 0 aliphatic carbocycles. The second kappa shape index (κ2) is 7.45. The van der Waals surface area contributed by atoms with E-state index in [4.69, 9.17) is 11.6 Å². The summed E-state index contributed by atoms with van der Waals surface area (Å²) in [5.41, 5.74) is -1.02. The summed E-state index contributed by atoms with van der Waals surface area (Å²) in [6.45, 7) is 1.29. The number of rotatable bonds is 3. The van der Waals surface area contributed by atoms with Crippen molar-refractivity contribution in [3.8, 4) is 0 Å². The number of carbonyl (C=O) groups excluding carboxylic acids is 1. The number of hydrogen-bond donors (Lipinski definition) is 1. The van der Waals surface area contributed by atoms with Crippen LogP contribution < -0.4 is 9.62 Å². The van der Waals surface area contributed by atoms with Gasteiger partial charge in [0.2, 0.25) is 15.9 Å². The Morgan fingerprint density at radius 3 is 2.59 bits per heavy atom. The summed E-state index contributed by atoms with van der Waals surface area (Å²) in [6, 6.07) is 3.42. The van der Waals surface area contributed by atoms with Gasteiger partial charge in [0.1, 0.15) is 17.7 Å². The van der Waals surface area contributed by atoms with E-state index >= 15 is 0 Å². The van der Waals surface area contributed by atoms with Crippen LogP contribution in [0, 0.1) is 12.7 Å². The highest BCUT2D eigenvalue weighted by Gasteiger charge is 2.43. The Hall–Kier alpha value is -2.40. The van der Waals surface area contributed by atoms with Gasteiger partial charge in [-0.25, -0.2) is 22.1 Å². The molecule has 0 unspecified atom stereocenters. The number of pyridine rings is 1. The number of alkyl halides is 3. The largest absolute Gasteiger partial charge is 0.416 e. The topological polar surface area (TPSA) is 79.4 Å². The first-order chi connectivity index (χ1) is 13.4. The van der Waals surface area contributed by atoms with Gasteiger partial charge in [-0.1, -0.05) is 11.6 Å². The molecule has 1 aromatic heterocycles. The molecular formula is C17H14ClF4N3O3S. The molecule has 1 atom stereocenters. The monoisotopic (exact) mass is 451 g/mol. The van der Waals surface area contributed by atoms with E-state index in [0.29, 0.717) is 10.4 Å². The zero-order chi connectivity index (χ0) is 21.6. The fourth-order valence-corrected chi connectivity index (χ4v) is 4.80. The Balaban J connectivity index is 1.97. The Bertz CT molecular complexity index is 1080. The second-order valence-electron chi connectivity index (χ2n) is 6.39. The number of sulfonamides is 1. The first-order valence-corrected chi connectivity index (χ1v) is 10.2. The third kappa shape index (κ3) is 4.45. The van der Waals surface area contributed by atoms with Crippen molar-refractivity contribution in [1.82, 2.24) is 4.98 Å².